The van der Waals surface area contributed by atoms with Gasteiger partial charge in [0.25, 0.3) is 5.91 Å². The van der Waals surface area contributed by atoms with Crippen molar-refractivity contribution in [3.63, 3.8) is 0 Å². The van der Waals surface area contributed by atoms with Crippen molar-refractivity contribution < 1.29 is 9.53 Å². The number of rotatable bonds is 6. The third kappa shape index (κ3) is 4.14. The van der Waals surface area contributed by atoms with E-state index in [1.165, 1.54) is 11.3 Å². The number of carbonyl (C=O) groups excluding carboxylic acids is 1. The zero-order valence-corrected chi connectivity index (χ0v) is 14.7. The van der Waals surface area contributed by atoms with E-state index >= 15 is 0 Å². The van der Waals surface area contributed by atoms with Crippen molar-refractivity contribution in [1.82, 2.24) is 4.98 Å². The van der Waals surface area contributed by atoms with Gasteiger partial charge in [0.1, 0.15) is 22.2 Å². The second-order valence-electron chi connectivity index (χ2n) is 5.38. The molecule has 4 nitrogen and oxygen atoms in total. The second-order valence-corrected chi connectivity index (χ2v) is 6.38. The van der Waals surface area contributed by atoms with Crippen LogP contribution in [0.5, 0.6) is 5.75 Å². The van der Waals surface area contributed by atoms with Crippen LogP contribution in [0.25, 0.3) is 10.6 Å². The van der Waals surface area contributed by atoms with Gasteiger partial charge in [-0.15, -0.1) is 11.3 Å². The summed E-state index contributed by atoms with van der Waals surface area (Å²) in [5.41, 5.74) is 2.41. The van der Waals surface area contributed by atoms with Crippen LogP contribution in [0.3, 0.4) is 0 Å². The van der Waals surface area contributed by atoms with Gasteiger partial charge in [0.05, 0.1) is 5.69 Å². The quantitative estimate of drug-likeness (QED) is 0.641. The fraction of sp³-hybridized carbons (Fsp3) is 0.100. The molecule has 0 fully saturated rings. The minimum Gasteiger partial charge on any atom is -0.489 e. The van der Waals surface area contributed by atoms with E-state index in [0.717, 1.165) is 16.3 Å². The Bertz CT molecular complexity index is 888. The van der Waals surface area contributed by atoms with Gasteiger partial charge in [0.15, 0.2) is 0 Å². The van der Waals surface area contributed by atoms with E-state index in [4.69, 9.17) is 4.74 Å². The number of nitrogens with one attached hydrogen (secondary N) is 1. The number of aromatic nitrogens is 1. The highest BCUT2D eigenvalue weighted by atomic mass is 32.1. The minimum atomic E-state index is -0.168. The summed E-state index contributed by atoms with van der Waals surface area (Å²) in [6, 6.07) is 17.1. The molecule has 25 heavy (non-hydrogen) atoms. The van der Waals surface area contributed by atoms with E-state index in [0.29, 0.717) is 22.9 Å². The summed E-state index contributed by atoms with van der Waals surface area (Å²) < 4.78 is 5.49. The largest absolute Gasteiger partial charge is 0.489 e. The number of aryl methyl sites for hydroxylation is 1. The van der Waals surface area contributed by atoms with Crippen molar-refractivity contribution in [3.05, 3.63) is 77.8 Å². The van der Waals surface area contributed by atoms with Crippen molar-refractivity contribution in [3.8, 4) is 16.3 Å². The molecule has 126 valence electrons. The molecule has 0 unspecified atom stereocenters. The van der Waals surface area contributed by atoms with Gasteiger partial charge in [-0.1, -0.05) is 49.1 Å². The first-order valence-electron chi connectivity index (χ1n) is 7.85. The molecule has 0 bridgehead atoms. The zero-order valence-electron chi connectivity index (χ0n) is 13.9. The summed E-state index contributed by atoms with van der Waals surface area (Å²) in [6.45, 7) is 5.89. The van der Waals surface area contributed by atoms with Crippen LogP contribution in [0.15, 0.2) is 67.3 Å². The van der Waals surface area contributed by atoms with Crippen molar-refractivity contribution in [2.24, 2.45) is 0 Å². The lowest BCUT2D eigenvalue weighted by Gasteiger charge is -2.07. The van der Waals surface area contributed by atoms with E-state index in [2.05, 4.69) is 16.9 Å². The number of amides is 1. The first-order valence-corrected chi connectivity index (χ1v) is 8.67. The smallest absolute Gasteiger partial charge is 0.267 e. The maximum Gasteiger partial charge on any atom is 0.267 e. The lowest BCUT2D eigenvalue weighted by atomic mass is 10.2. The summed E-state index contributed by atoms with van der Waals surface area (Å²) in [7, 11) is 0. The molecule has 3 aromatic rings. The Labute approximate surface area is 150 Å². The number of hydrogen-bond acceptors (Lipinski definition) is 4. The Balaban J connectivity index is 1.78. The first kappa shape index (κ1) is 16.9. The summed E-state index contributed by atoms with van der Waals surface area (Å²) in [4.78, 5) is 17.7. The number of ether oxygens (including phenoxy) is 1. The molecule has 0 saturated heterocycles. The molecule has 1 aromatic heterocycles. The number of thiazole rings is 1. The van der Waals surface area contributed by atoms with Crippen molar-refractivity contribution in [1.29, 1.82) is 0 Å². The molecule has 5 heteroatoms. The topological polar surface area (TPSA) is 51.2 Å². The molecule has 3 rings (SSSR count). The molecule has 0 saturated carbocycles. The predicted octanol–water partition coefficient (Wildman–Crippen LogP) is 4.94. The molecule has 0 aliphatic carbocycles. The molecule has 0 radical (unpaired) electrons. The van der Waals surface area contributed by atoms with Gasteiger partial charge in [0, 0.05) is 17.3 Å². The number of anilines is 1. The van der Waals surface area contributed by atoms with E-state index in [9.17, 15) is 4.79 Å². The van der Waals surface area contributed by atoms with E-state index in [-0.39, 0.29) is 5.91 Å². The lowest BCUT2D eigenvalue weighted by molar-refractivity contribution is 0.103. The van der Waals surface area contributed by atoms with Crippen molar-refractivity contribution >= 4 is 22.9 Å². The van der Waals surface area contributed by atoms with Crippen LogP contribution < -0.4 is 10.1 Å². The second kappa shape index (κ2) is 7.77. The zero-order chi connectivity index (χ0) is 17.6. The maximum atomic E-state index is 12.6. The summed E-state index contributed by atoms with van der Waals surface area (Å²) in [6.07, 6.45) is 1.68. The molecule has 2 aromatic carbocycles. The fourth-order valence-electron chi connectivity index (χ4n) is 2.32. The Hall–Kier alpha value is -2.92. The van der Waals surface area contributed by atoms with Crippen LogP contribution in [0.1, 0.15) is 15.4 Å². The normalized spacial score (nSPS) is 10.3. The number of benzene rings is 2. The molecule has 1 N–H and O–H groups in total. The van der Waals surface area contributed by atoms with Gasteiger partial charge in [-0.25, -0.2) is 4.98 Å². The molecule has 1 amide bonds. The van der Waals surface area contributed by atoms with Crippen LogP contribution in [0.2, 0.25) is 0 Å². The molecule has 0 aliphatic heterocycles. The van der Waals surface area contributed by atoms with Gasteiger partial charge in [-0.2, -0.15) is 0 Å². The molecule has 0 aliphatic rings. The lowest BCUT2D eigenvalue weighted by Crippen LogP contribution is -2.11. The molecule has 1 heterocycles. The molecular formula is C20H18N2O2S. The highest BCUT2D eigenvalue weighted by molar-refractivity contribution is 7.17. The average Bonchev–Trinajstić information content (AvgIpc) is 3.03. The SMILES string of the molecule is C=CCOc1cccc(NC(=O)c2sc(-c3ccccc3)nc2C)c1. The highest BCUT2D eigenvalue weighted by Gasteiger charge is 2.16. The van der Waals surface area contributed by atoms with Crippen LogP contribution >= 0.6 is 11.3 Å². The van der Waals surface area contributed by atoms with Crippen LogP contribution in [-0.2, 0) is 0 Å². The summed E-state index contributed by atoms with van der Waals surface area (Å²) in [5, 5.41) is 3.75. The summed E-state index contributed by atoms with van der Waals surface area (Å²) in [5.74, 6) is 0.516. The molecular weight excluding hydrogens is 332 g/mol. The Morgan fingerprint density at radius 1 is 1.24 bits per heavy atom. The Morgan fingerprint density at radius 2 is 2.04 bits per heavy atom. The predicted molar refractivity (Wildman–Crippen MR) is 102 cm³/mol. The maximum absolute atomic E-state index is 12.6. The van der Waals surface area contributed by atoms with E-state index in [1.807, 2.05) is 55.5 Å². The molecule has 0 atom stereocenters. The molecule has 0 spiro atoms. The Morgan fingerprint density at radius 3 is 2.80 bits per heavy atom. The monoisotopic (exact) mass is 350 g/mol. The van der Waals surface area contributed by atoms with E-state index in [1.54, 1.807) is 12.1 Å². The van der Waals surface area contributed by atoms with Crippen LogP contribution in [0, 0.1) is 6.92 Å². The van der Waals surface area contributed by atoms with Gasteiger partial charge in [-0.05, 0) is 19.1 Å². The van der Waals surface area contributed by atoms with Gasteiger partial charge >= 0.3 is 0 Å². The van der Waals surface area contributed by atoms with Gasteiger partial charge < -0.3 is 10.1 Å². The Kier molecular flexibility index (Phi) is 5.26. The van der Waals surface area contributed by atoms with Gasteiger partial charge in [-0.3, -0.25) is 4.79 Å². The highest BCUT2D eigenvalue weighted by Crippen LogP contribution is 2.28. The van der Waals surface area contributed by atoms with Crippen LogP contribution in [0.4, 0.5) is 5.69 Å². The number of nitrogens with zero attached hydrogens (tertiary/aromatic N) is 1. The fourth-order valence-corrected chi connectivity index (χ4v) is 3.28. The summed E-state index contributed by atoms with van der Waals surface area (Å²) >= 11 is 1.39. The van der Waals surface area contributed by atoms with Crippen molar-refractivity contribution in [2.45, 2.75) is 6.92 Å². The number of carbonyl (C=O) groups is 1. The first-order chi connectivity index (χ1) is 12.2. The van der Waals surface area contributed by atoms with Crippen LogP contribution in [-0.4, -0.2) is 17.5 Å². The average molecular weight is 350 g/mol. The minimum absolute atomic E-state index is 0.168. The third-order valence-electron chi connectivity index (χ3n) is 3.48. The van der Waals surface area contributed by atoms with E-state index < -0.39 is 0 Å². The number of hydrogen-bond donors (Lipinski definition) is 1. The van der Waals surface area contributed by atoms with Gasteiger partial charge in [0.2, 0.25) is 0 Å². The third-order valence-corrected chi connectivity index (χ3v) is 4.69. The van der Waals surface area contributed by atoms with Crippen molar-refractivity contribution in [2.75, 3.05) is 11.9 Å². The standard InChI is InChI=1S/C20H18N2O2S/c1-3-12-24-17-11-7-10-16(13-17)22-19(23)18-14(2)21-20(25-18)15-8-5-4-6-9-15/h3-11,13H,1,12H2,2H3,(H,22,23).